The van der Waals surface area contributed by atoms with Gasteiger partial charge in [0.05, 0.1) is 7.11 Å². The zero-order valence-corrected chi connectivity index (χ0v) is 14.1. The van der Waals surface area contributed by atoms with E-state index in [9.17, 15) is 5.11 Å². The number of ether oxygens (including phenoxy) is 1. The molecule has 0 atom stereocenters. The molecule has 1 fully saturated rings. The molecule has 2 heteroatoms. The number of hydrogen-bond donors (Lipinski definition) is 1. The first-order valence-corrected chi connectivity index (χ1v) is 8.64. The lowest BCUT2D eigenvalue weighted by atomic mass is 9.81. The second kappa shape index (κ2) is 7.08. The minimum absolute atomic E-state index is 0.351. The Hall–Kier alpha value is -1.96. The van der Waals surface area contributed by atoms with E-state index in [0.717, 1.165) is 16.9 Å². The molecule has 0 aliphatic heterocycles. The number of rotatable bonds is 4. The van der Waals surface area contributed by atoms with Gasteiger partial charge in [0.15, 0.2) is 0 Å². The summed E-state index contributed by atoms with van der Waals surface area (Å²) in [6, 6.07) is 12.0. The fourth-order valence-corrected chi connectivity index (χ4v) is 3.91. The van der Waals surface area contributed by atoms with Gasteiger partial charge >= 0.3 is 0 Å². The van der Waals surface area contributed by atoms with Gasteiger partial charge in [-0.25, -0.2) is 0 Å². The first-order valence-electron chi connectivity index (χ1n) is 8.64. The molecular formula is C21H26O2. The van der Waals surface area contributed by atoms with E-state index >= 15 is 0 Å². The van der Waals surface area contributed by atoms with E-state index < -0.39 is 0 Å². The third-order valence-electron chi connectivity index (χ3n) is 5.15. The molecule has 0 saturated heterocycles. The van der Waals surface area contributed by atoms with Crippen LogP contribution in [-0.2, 0) is 6.42 Å². The van der Waals surface area contributed by atoms with Crippen LogP contribution in [0.15, 0.2) is 36.4 Å². The second-order valence-corrected chi connectivity index (χ2v) is 6.61. The zero-order valence-electron chi connectivity index (χ0n) is 14.1. The zero-order chi connectivity index (χ0) is 16.2. The molecule has 1 saturated carbocycles. The molecule has 0 spiro atoms. The quantitative estimate of drug-likeness (QED) is 0.825. The number of methoxy groups -OCH3 is 1. The molecule has 1 N–H and O–H groups in total. The molecule has 0 radical (unpaired) electrons. The summed E-state index contributed by atoms with van der Waals surface area (Å²) in [6.07, 6.45) is 7.34. The van der Waals surface area contributed by atoms with Crippen molar-refractivity contribution in [3.63, 3.8) is 0 Å². The van der Waals surface area contributed by atoms with Crippen molar-refractivity contribution in [2.24, 2.45) is 0 Å². The van der Waals surface area contributed by atoms with Gasteiger partial charge in [-0.15, -0.1) is 0 Å². The smallest absolute Gasteiger partial charge is 0.125 e. The van der Waals surface area contributed by atoms with Crippen LogP contribution in [-0.4, -0.2) is 12.2 Å². The van der Waals surface area contributed by atoms with E-state index in [-0.39, 0.29) is 0 Å². The molecule has 1 aliphatic rings. The second-order valence-electron chi connectivity index (χ2n) is 6.61. The average molecular weight is 310 g/mol. The van der Waals surface area contributed by atoms with E-state index in [1.807, 2.05) is 18.2 Å². The van der Waals surface area contributed by atoms with Gasteiger partial charge in [-0.3, -0.25) is 0 Å². The number of benzene rings is 2. The van der Waals surface area contributed by atoms with Crippen LogP contribution in [0.3, 0.4) is 0 Å². The summed E-state index contributed by atoms with van der Waals surface area (Å²) in [5.74, 6) is 2.01. The van der Waals surface area contributed by atoms with Crippen LogP contribution < -0.4 is 4.74 Å². The summed E-state index contributed by atoms with van der Waals surface area (Å²) < 4.78 is 5.74. The van der Waals surface area contributed by atoms with E-state index in [0.29, 0.717) is 18.1 Å². The van der Waals surface area contributed by atoms with Crippen molar-refractivity contribution in [2.45, 2.75) is 51.4 Å². The summed E-state index contributed by atoms with van der Waals surface area (Å²) in [4.78, 5) is 0. The summed E-state index contributed by atoms with van der Waals surface area (Å²) in [5, 5.41) is 10.0. The number of phenolic OH excluding ortho intramolecular Hbond substituents is 1. The molecule has 2 aromatic rings. The molecule has 122 valence electrons. The Labute approximate surface area is 139 Å². The molecule has 0 heterocycles. The summed E-state index contributed by atoms with van der Waals surface area (Å²) in [5.41, 5.74) is 4.80. The predicted octanol–water partition coefficient (Wildman–Crippen LogP) is 5.35. The third-order valence-corrected chi connectivity index (χ3v) is 5.15. The Bertz CT molecular complexity index is 670. The third kappa shape index (κ3) is 3.36. The standard InChI is InChI=1S/C21H26O2/c1-15-19(16-8-4-3-5-9-16)13-12-18(21(15)23-2)14-17-10-6-7-11-20(17)22/h6-7,10-13,16,22H,3-5,8-9,14H2,1-2H3. The Kier molecular flexibility index (Phi) is 4.90. The largest absolute Gasteiger partial charge is 0.508 e. The lowest BCUT2D eigenvalue weighted by Gasteiger charge is -2.25. The molecule has 2 nitrogen and oxygen atoms in total. The molecule has 3 rings (SSSR count). The van der Waals surface area contributed by atoms with Gasteiger partial charge in [0, 0.05) is 6.42 Å². The highest BCUT2D eigenvalue weighted by molar-refractivity contribution is 5.50. The maximum Gasteiger partial charge on any atom is 0.125 e. The van der Waals surface area contributed by atoms with Crippen molar-refractivity contribution in [2.75, 3.05) is 7.11 Å². The van der Waals surface area contributed by atoms with E-state index in [1.165, 1.54) is 43.2 Å². The Morgan fingerprint density at radius 2 is 1.74 bits per heavy atom. The monoisotopic (exact) mass is 310 g/mol. The highest BCUT2D eigenvalue weighted by Gasteiger charge is 2.20. The van der Waals surface area contributed by atoms with Crippen molar-refractivity contribution in [1.82, 2.24) is 0 Å². The SMILES string of the molecule is COc1c(Cc2ccccc2O)ccc(C2CCCCC2)c1C. The van der Waals surface area contributed by atoms with Gasteiger partial charge in [0.25, 0.3) is 0 Å². The van der Waals surface area contributed by atoms with Crippen LogP contribution >= 0.6 is 0 Å². The minimum atomic E-state index is 0.351. The Morgan fingerprint density at radius 1 is 1.00 bits per heavy atom. The van der Waals surface area contributed by atoms with Crippen molar-refractivity contribution >= 4 is 0 Å². The van der Waals surface area contributed by atoms with Crippen molar-refractivity contribution in [3.8, 4) is 11.5 Å². The molecule has 0 amide bonds. The molecule has 0 aromatic heterocycles. The predicted molar refractivity (Wildman–Crippen MR) is 94.5 cm³/mol. The van der Waals surface area contributed by atoms with Gasteiger partial charge in [-0.2, -0.15) is 0 Å². The maximum absolute atomic E-state index is 10.0. The normalized spacial score (nSPS) is 15.6. The van der Waals surface area contributed by atoms with Crippen LogP contribution in [0.25, 0.3) is 0 Å². The minimum Gasteiger partial charge on any atom is -0.508 e. The van der Waals surface area contributed by atoms with Crippen LogP contribution in [0, 0.1) is 6.92 Å². The van der Waals surface area contributed by atoms with Gasteiger partial charge < -0.3 is 9.84 Å². The maximum atomic E-state index is 10.0. The Balaban J connectivity index is 1.92. The van der Waals surface area contributed by atoms with Gasteiger partial charge in [-0.1, -0.05) is 49.6 Å². The van der Waals surface area contributed by atoms with Gasteiger partial charge in [-0.05, 0) is 54.0 Å². The molecule has 0 bridgehead atoms. The van der Waals surface area contributed by atoms with E-state index in [4.69, 9.17) is 4.74 Å². The van der Waals surface area contributed by atoms with E-state index in [2.05, 4.69) is 19.1 Å². The number of para-hydroxylation sites is 1. The lowest BCUT2D eigenvalue weighted by Crippen LogP contribution is -2.08. The fraction of sp³-hybridized carbons (Fsp3) is 0.429. The van der Waals surface area contributed by atoms with Gasteiger partial charge in [0.2, 0.25) is 0 Å². The summed E-state index contributed by atoms with van der Waals surface area (Å²) in [6.45, 7) is 2.18. The van der Waals surface area contributed by atoms with Crippen LogP contribution in [0.4, 0.5) is 0 Å². The average Bonchev–Trinajstić information content (AvgIpc) is 2.58. The Morgan fingerprint density at radius 3 is 2.43 bits per heavy atom. The van der Waals surface area contributed by atoms with E-state index in [1.54, 1.807) is 13.2 Å². The lowest BCUT2D eigenvalue weighted by molar-refractivity contribution is 0.401. The van der Waals surface area contributed by atoms with Crippen LogP contribution in [0.2, 0.25) is 0 Å². The number of phenols is 1. The molecule has 0 unspecified atom stereocenters. The topological polar surface area (TPSA) is 29.5 Å². The van der Waals surface area contributed by atoms with Gasteiger partial charge in [0.1, 0.15) is 11.5 Å². The highest BCUT2D eigenvalue weighted by atomic mass is 16.5. The number of aromatic hydroxyl groups is 1. The molecule has 1 aliphatic carbocycles. The van der Waals surface area contributed by atoms with Crippen molar-refractivity contribution in [3.05, 3.63) is 58.7 Å². The molecule has 2 aromatic carbocycles. The van der Waals surface area contributed by atoms with Crippen molar-refractivity contribution < 1.29 is 9.84 Å². The summed E-state index contributed by atoms with van der Waals surface area (Å²) in [7, 11) is 1.75. The first-order chi connectivity index (χ1) is 11.2. The van der Waals surface area contributed by atoms with Crippen LogP contribution in [0.5, 0.6) is 11.5 Å². The first kappa shape index (κ1) is 15.9. The number of hydrogen-bond acceptors (Lipinski definition) is 2. The fourth-order valence-electron chi connectivity index (χ4n) is 3.91. The molecule has 23 heavy (non-hydrogen) atoms. The summed E-state index contributed by atoms with van der Waals surface area (Å²) >= 11 is 0. The van der Waals surface area contributed by atoms with Crippen molar-refractivity contribution in [1.29, 1.82) is 0 Å². The van der Waals surface area contributed by atoms with Crippen LogP contribution in [0.1, 0.15) is 60.3 Å². The molecular weight excluding hydrogens is 284 g/mol. The highest BCUT2D eigenvalue weighted by Crippen LogP contribution is 2.39.